The normalized spacial score (nSPS) is 9.27. The van der Waals surface area contributed by atoms with Gasteiger partial charge in [0.05, 0.1) is 0 Å². The van der Waals surface area contributed by atoms with Crippen molar-refractivity contribution in [2.24, 2.45) is 0 Å². The molecular weight excluding hydrogens is 229 g/mol. The molecule has 0 saturated heterocycles. The SMILES string of the molecule is CC(C)(C)[S-].[CH2-]CCC[CH2-].[Y+3]. The first-order valence-corrected chi connectivity index (χ1v) is 4.11. The Kier molecular flexibility index (Phi) is 19.0. The molecule has 0 N–H and O–H groups in total. The molecule has 0 aromatic carbocycles. The standard InChI is InChI=1S/C5H10.C4H10S.Y/c1-3-5-4-2;1-4(2,3)5;/h1-5H2;5H,1-3H3;/q-2;;+3/p-1. The largest absolute Gasteiger partial charge is 3.00 e. The first-order chi connectivity index (χ1) is 4.41. The summed E-state index contributed by atoms with van der Waals surface area (Å²) in [6.07, 6.45) is 3.23. The summed E-state index contributed by atoms with van der Waals surface area (Å²) >= 11 is 4.83. The molecular formula is C9H19SY. The zero-order chi connectivity index (χ0) is 8.62. The van der Waals surface area contributed by atoms with Crippen molar-refractivity contribution >= 4 is 12.6 Å². The molecule has 0 nitrogen and oxygen atoms in total. The zero-order valence-corrected chi connectivity index (χ0v) is 11.7. The van der Waals surface area contributed by atoms with Gasteiger partial charge in [-0.3, -0.25) is 0 Å². The van der Waals surface area contributed by atoms with Gasteiger partial charge in [0.1, 0.15) is 0 Å². The Bertz CT molecular complexity index is 49.1. The predicted octanol–water partition coefficient (Wildman–Crippen LogP) is 3.15. The van der Waals surface area contributed by atoms with Gasteiger partial charge in [-0.05, 0) is 0 Å². The number of unbranched alkanes of at least 4 members (excludes halogenated alkanes) is 2. The molecule has 64 valence electrons. The quantitative estimate of drug-likeness (QED) is 0.534. The fourth-order valence-corrected chi connectivity index (χ4v) is 0.177. The Morgan fingerprint density at radius 2 is 1.27 bits per heavy atom. The maximum atomic E-state index is 4.83. The fourth-order valence-electron chi connectivity index (χ4n) is 0.177. The summed E-state index contributed by atoms with van der Waals surface area (Å²) < 4.78 is 0.0833. The van der Waals surface area contributed by atoms with E-state index in [-0.39, 0.29) is 37.5 Å². The molecule has 0 saturated carbocycles. The topological polar surface area (TPSA) is 0 Å². The molecule has 0 aromatic rings. The molecule has 0 aliphatic heterocycles. The summed E-state index contributed by atoms with van der Waals surface area (Å²) in [5, 5.41) is 0. The van der Waals surface area contributed by atoms with Crippen LogP contribution in [0.25, 0.3) is 0 Å². The second kappa shape index (κ2) is 11.5. The third-order valence-electron chi connectivity index (χ3n) is 0.500. The minimum Gasteiger partial charge on any atom is -0.787 e. The Labute approximate surface area is 103 Å². The van der Waals surface area contributed by atoms with Crippen LogP contribution in [-0.4, -0.2) is 4.75 Å². The van der Waals surface area contributed by atoms with Gasteiger partial charge in [0, 0.05) is 0 Å². The van der Waals surface area contributed by atoms with Crippen molar-refractivity contribution < 1.29 is 32.7 Å². The van der Waals surface area contributed by atoms with E-state index in [0.29, 0.717) is 0 Å². The summed E-state index contributed by atoms with van der Waals surface area (Å²) in [6.45, 7) is 13.3. The van der Waals surface area contributed by atoms with Crippen LogP contribution in [0, 0.1) is 13.8 Å². The van der Waals surface area contributed by atoms with Crippen molar-refractivity contribution in [3.63, 3.8) is 0 Å². The molecule has 0 atom stereocenters. The van der Waals surface area contributed by atoms with Crippen molar-refractivity contribution in [3.05, 3.63) is 13.8 Å². The van der Waals surface area contributed by atoms with E-state index in [9.17, 15) is 0 Å². The summed E-state index contributed by atoms with van der Waals surface area (Å²) in [7, 11) is 0. The molecule has 0 bridgehead atoms. The molecule has 0 unspecified atom stereocenters. The van der Waals surface area contributed by atoms with E-state index in [0.717, 1.165) is 12.8 Å². The molecule has 2 heteroatoms. The number of hydrogen-bond donors (Lipinski definition) is 0. The van der Waals surface area contributed by atoms with E-state index in [1.54, 1.807) is 0 Å². The van der Waals surface area contributed by atoms with E-state index in [4.69, 9.17) is 12.6 Å². The van der Waals surface area contributed by atoms with Gasteiger partial charge in [-0.25, -0.2) is 0 Å². The van der Waals surface area contributed by atoms with E-state index < -0.39 is 0 Å². The van der Waals surface area contributed by atoms with Crippen molar-refractivity contribution in [2.45, 2.75) is 44.8 Å². The molecule has 0 amide bonds. The Hall–Kier alpha value is 1.45. The second-order valence-corrected chi connectivity index (χ2v) is 4.40. The maximum absolute atomic E-state index is 4.83. The molecule has 0 fully saturated rings. The van der Waals surface area contributed by atoms with Gasteiger partial charge in [-0.2, -0.15) is 17.6 Å². The van der Waals surface area contributed by atoms with Gasteiger partial charge in [-0.15, -0.1) is 6.42 Å². The Morgan fingerprint density at radius 1 is 1.09 bits per heavy atom. The first-order valence-electron chi connectivity index (χ1n) is 3.70. The van der Waals surface area contributed by atoms with Gasteiger partial charge in [0.15, 0.2) is 0 Å². The zero-order valence-electron chi connectivity index (χ0n) is 8.02. The molecule has 0 aliphatic rings. The molecule has 0 aromatic heterocycles. The van der Waals surface area contributed by atoms with Crippen molar-refractivity contribution in [3.8, 4) is 0 Å². The smallest absolute Gasteiger partial charge is 0.787 e. The molecule has 0 heterocycles. The third-order valence-corrected chi connectivity index (χ3v) is 0.500. The average molecular weight is 248 g/mol. The van der Waals surface area contributed by atoms with Gasteiger partial charge < -0.3 is 26.5 Å². The average Bonchev–Trinajstić information content (AvgIpc) is 1.63. The van der Waals surface area contributed by atoms with Crippen LogP contribution in [0.2, 0.25) is 0 Å². The van der Waals surface area contributed by atoms with Crippen LogP contribution in [0.15, 0.2) is 0 Å². The molecule has 0 aliphatic carbocycles. The Morgan fingerprint density at radius 3 is 1.27 bits per heavy atom. The van der Waals surface area contributed by atoms with Gasteiger partial charge >= 0.3 is 32.7 Å². The van der Waals surface area contributed by atoms with Gasteiger partial charge in [0.25, 0.3) is 0 Å². The van der Waals surface area contributed by atoms with Crippen molar-refractivity contribution in [1.29, 1.82) is 0 Å². The predicted molar refractivity (Wildman–Crippen MR) is 51.7 cm³/mol. The van der Waals surface area contributed by atoms with Gasteiger partial charge in [-0.1, -0.05) is 20.8 Å². The van der Waals surface area contributed by atoms with Crippen molar-refractivity contribution in [2.75, 3.05) is 0 Å². The van der Waals surface area contributed by atoms with Crippen LogP contribution in [0.4, 0.5) is 0 Å². The molecule has 0 radical (unpaired) electrons. The summed E-state index contributed by atoms with van der Waals surface area (Å²) in [4.78, 5) is 0. The number of rotatable bonds is 2. The fraction of sp³-hybridized carbons (Fsp3) is 0.778. The van der Waals surface area contributed by atoms with Crippen LogP contribution >= 0.6 is 0 Å². The van der Waals surface area contributed by atoms with Gasteiger partial charge in [0.2, 0.25) is 0 Å². The van der Waals surface area contributed by atoms with E-state index in [1.165, 1.54) is 6.42 Å². The minimum absolute atomic E-state index is 0. The maximum Gasteiger partial charge on any atom is 3.00 e. The molecule has 0 spiro atoms. The van der Waals surface area contributed by atoms with E-state index in [2.05, 4.69) is 13.8 Å². The Balaban J connectivity index is -0.000000107. The monoisotopic (exact) mass is 248 g/mol. The van der Waals surface area contributed by atoms with Crippen LogP contribution < -0.4 is 0 Å². The van der Waals surface area contributed by atoms with Crippen LogP contribution in [0.1, 0.15) is 40.0 Å². The van der Waals surface area contributed by atoms with Crippen LogP contribution in [0.5, 0.6) is 0 Å². The third kappa shape index (κ3) is 85.8. The summed E-state index contributed by atoms with van der Waals surface area (Å²) in [5.74, 6) is 0. The van der Waals surface area contributed by atoms with Crippen molar-refractivity contribution in [1.82, 2.24) is 0 Å². The minimum atomic E-state index is 0. The van der Waals surface area contributed by atoms with E-state index >= 15 is 0 Å². The van der Waals surface area contributed by atoms with E-state index in [1.807, 2.05) is 20.8 Å². The first kappa shape index (κ1) is 18.3. The summed E-state index contributed by atoms with van der Waals surface area (Å²) in [6, 6.07) is 0. The molecule has 0 rings (SSSR count). The van der Waals surface area contributed by atoms with Crippen LogP contribution in [-0.2, 0) is 45.3 Å². The second-order valence-electron chi connectivity index (χ2n) is 3.17. The van der Waals surface area contributed by atoms with Crippen LogP contribution in [0.3, 0.4) is 0 Å². The number of hydrogen-bond acceptors (Lipinski definition) is 1. The summed E-state index contributed by atoms with van der Waals surface area (Å²) in [5.41, 5.74) is 0. The molecule has 11 heavy (non-hydrogen) atoms.